The van der Waals surface area contributed by atoms with E-state index >= 15 is 0 Å². The van der Waals surface area contributed by atoms with Gasteiger partial charge >= 0.3 is 6.09 Å². The van der Waals surface area contributed by atoms with Gasteiger partial charge in [0.15, 0.2) is 0 Å². The van der Waals surface area contributed by atoms with Crippen molar-refractivity contribution in [3.8, 4) is 0 Å². The van der Waals surface area contributed by atoms with Crippen molar-refractivity contribution in [1.82, 2.24) is 10.2 Å². The first-order chi connectivity index (χ1) is 15.2. The summed E-state index contributed by atoms with van der Waals surface area (Å²) >= 11 is 0. The van der Waals surface area contributed by atoms with E-state index in [1.807, 2.05) is 19.9 Å². The van der Waals surface area contributed by atoms with E-state index in [1.54, 1.807) is 12.1 Å². The van der Waals surface area contributed by atoms with Crippen LogP contribution in [0.25, 0.3) is 0 Å². The Morgan fingerprint density at radius 2 is 1.88 bits per heavy atom. The van der Waals surface area contributed by atoms with Crippen molar-refractivity contribution in [1.29, 1.82) is 0 Å². The molecular weight excluding hydrogens is 417 g/mol. The monoisotopic (exact) mass is 439 g/mol. The molecule has 1 fully saturated rings. The lowest BCUT2D eigenvalue weighted by atomic mass is 10.0. The lowest BCUT2D eigenvalue weighted by molar-refractivity contribution is -0.136. The van der Waals surface area contributed by atoms with Gasteiger partial charge in [-0.05, 0) is 61.2 Å². The van der Waals surface area contributed by atoms with Crippen LogP contribution in [0.3, 0.4) is 0 Å². The number of benzene rings is 2. The Bertz CT molecular complexity index is 1130. The number of halogens is 1. The van der Waals surface area contributed by atoms with Crippen LogP contribution in [0, 0.1) is 19.7 Å². The predicted molar refractivity (Wildman–Crippen MR) is 112 cm³/mol. The molecule has 2 aliphatic rings. The van der Waals surface area contributed by atoms with E-state index in [0.29, 0.717) is 11.3 Å². The number of piperidine rings is 1. The molecule has 2 aromatic carbocycles. The first kappa shape index (κ1) is 21.5. The minimum absolute atomic E-state index is 0.0550. The third-order valence-electron chi connectivity index (χ3n) is 5.50. The van der Waals surface area contributed by atoms with Crippen LogP contribution in [0.4, 0.5) is 14.9 Å². The second-order valence-electron chi connectivity index (χ2n) is 8.08. The number of hydrogen-bond acceptors (Lipinski definition) is 5. The maximum absolute atomic E-state index is 14.7. The van der Waals surface area contributed by atoms with Gasteiger partial charge in [0.1, 0.15) is 18.5 Å². The fraction of sp³-hybridized carbons (Fsp3) is 0.304. The maximum atomic E-state index is 14.7. The quantitative estimate of drug-likeness (QED) is 0.713. The van der Waals surface area contributed by atoms with Crippen LogP contribution in [-0.4, -0.2) is 34.8 Å². The minimum atomic E-state index is -0.824. The number of carbonyl (C=O) groups excluding carboxylic acids is 4. The minimum Gasteiger partial charge on any atom is -0.444 e. The van der Waals surface area contributed by atoms with Crippen LogP contribution in [0.1, 0.15) is 45.5 Å². The molecule has 4 amide bonds. The summed E-state index contributed by atoms with van der Waals surface area (Å²) in [5, 5.41) is 4.84. The topological polar surface area (TPSA) is 105 Å². The molecule has 2 heterocycles. The van der Waals surface area contributed by atoms with E-state index in [-0.39, 0.29) is 43.0 Å². The van der Waals surface area contributed by atoms with Gasteiger partial charge in [0.05, 0.1) is 6.54 Å². The Morgan fingerprint density at radius 1 is 1.16 bits per heavy atom. The number of rotatable bonds is 4. The molecule has 1 atom stereocenters. The maximum Gasteiger partial charge on any atom is 0.411 e. The Hall–Kier alpha value is -3.75. The third-order valence-corrected chi connectivity index (χ3v) is 5.50. The molecular formula is C23H22FN3O5. The number of hydrogen-bond donors (Lipinski definition) is 2. The summed E-state index contributed by atoms with van der Waals surface area (Å²) < 4.78 is 19.9. The molecule has 2 N–H and O–H groups in total. The van der Waals surface area contributed by atoms with Crippen molar-refractivity contribution >= 4 is 29.5 Å². The summed E-state index contributed by atoms with van der Waals surface area (Å²) in [6.45, 7) is 3.53. The number of aryl methyl sites for hydroxylation is 2. The van der Waals surface area contributed by atoms with Crippen LogP contribution in [0.2, 0.25) is 0 Å². The first-order valence-electron chi connectivity index (χ1n) is 10.2. The zero-order chi connectivity index (χ0) is 23.0. The Balaban J connectivity index is 1.44. The number of ether oxygens (including phenoxy) is 1. The van der Waals surface area contributed by atoms with Gasteiger partial charge in [-0.1, -0.05) is 6.07 Å². The van der Waals surface area contributed by atoms with E-state index in [2.05, 4.69) is 10.6 Å². The van der Waals surface area contributed by atoms with E-state index in [4.69, 9.17) is 4.74 Å². The van der Waals surface area contributed by atoms with Gasteiger partial charge in [0.2, 0.25) is 11.8 Å². The van der Waals surface area contributed by atoms with Crippen molar-refractivity contribution in [3.63, 3.8) is 0 Å². The Morgan fingerprint density at radius 3 is 2.56 bits per heavy atom. The first-order valence-corrected chi connectivity index (χ1v) is 10.2. The second-order valence-corrected chi connectivity index (χ2v) is 8.08. The van der Waals surface area contributed by atoms with Crippen molar-refractivity contribution in [2.24, 2.45) is 0 Å². The molecule has 8 nitrogen and oxygen atoms in total. The molecule has 32 heavy (non-hydrogen) atoms. The van der Waals surface area contributed by atoms with Crippen molar-refractivity contribution in [3.05, 3.63) is 64.0 Å². The smallest absolute Gasteiger partial charge is 0.411 e. The lowest BCUT2D eigenvalue weighted by Crippen LogP contribution is -2.52. The number of fused-ring (bicyclic) bond motifs is 1. The summed E-state index contributed by atoms with van der Waals surface area (Å²) in [6.07, 6.45) is -0.388. The van der Waals surface area contributed by atoms with Crippen LogP contribution in [0.5, 0.6) is 0 Å². The van der Waals surface area contributed by atoms with Crippen molar-refractivity contribution in [2.75, 3.05) is 5.32 Å². The van der Waals surface area contributed by atoms with Gasteiger partial charge in [-0.2, -0.15) is 0 Å². The Labute approximate surface area is 183 Å². The Kier molecular flexibility index (Phi) is 5.65. The number of anilines is 1. The fourth-order valence-corrected chi connectivity index (χ4v) is 4.11. The standard InChI is InChI=1S/C23H22FN3O5/c1-12-5-13(2)7-15(6-12)25-23(31)32-11-14-8-16-17(18(24)9-14)10-27(22(16)30)19-3-4-20(28)26-21(19)29/h5-9,19H,3-4,10-11H2,1-2H3,(H,25,31)(H,26,28,29). The average molecular weight is 439 g/mol. The molecule has 166 valence electrons. The van der Waals surface area contributed by atoms with Gasteiger partial charge < -0.3 is 9.64 Å². The molecule has 0 aromatic heterocycles. The summed E-state index contributed by atoms with van der Waals surface area (Å²) in [5.74, 6) is -2.05. The van der Waals surface area contributed by atoms with Crippen LogP contribution in [-0.2, 0) is 27.5 Å². The van der Waals surface area contributed by atoms with E-state index in [1.165, 1.54) is 17.0 Å². The molecule has 2 aliphatic heterocycles. The number of nitrogens with zero attached hydrogens (tertiary/aromatic N) is 1. The van der Waals surface area contributed by atoms with E-state index < -0.39 is 29.8 Å². The molecule has 2 aromatic rings. The zero-order valence-corrected chi connectivity index (χ0v) is 17.7. The normalized spacial score (nSPS) is 17.8. The van der Waals surface area contributed by atoms with E-state index in [9.17, 15) is 23.6 Å². The van der Waals surface area contributed by atoms with Gasteiger partial charge in [-0.15, -0.1) is 0 Å². The highest BCUT2D eigenvalue weighted by Gasteiger charge is 2.40. The SMILES string of the molecule is Cc1cc(C)cc(NC(=O)OCc2cc(F)c3c(c2)C(=O)N(C2CCC(=O)NC2=O)C3)c1. The van der Waals surface area contributed by atoms with Gasteiger partial charge in [0.25, 0.3) is 5.91 Å². The average Bonchev–Trinajstić information content (AvgIpc) is 3.03. The number of nitrogens with one attached hydrogen (secondary N) is 2. The van der Waals surface area contributed by atoms with Crippen LogP contribution >= 0.6 is 0 Å². The third kappa shape index (κ3) is 4.32. The summed E-state index contributed by atoms with van der Waals surface area (Å²) in [5.41, 5.74) is 3.18. The summed E-state index contributed by atoms with van der Waals surface area (Å²) in [7, 11) is 0. The molecule has 0 aliphatic carbocycles. The lowest BCUT2D eigenvalue weighted by Gasteiger charge is -2.29. The fourth-order valence-electron chi connectivity index (χ4n) is 4.11. The predicted octanol–water partition coefficient (Wildman–Crippen LogP) is 2.95. The van der Waals surface area contributed by atoms with Gasteiger partial charge in [-0.25, -0.2) is 9.18 Å². The molecule has 0 bridgehead atoms. The molecule has 0 spiro atoms. The zero-order valence-electron chi connectivity index (χ0n) is 17.7. The highest BCUT2D eigenvalue weighted by molar-refractivity contribution is 6.05. The molecule has 1 saturated heterocycles. The summed E-state index contributed by atoms with van der Waals surface area (Å²) in [6, 6.07) is 7.42. The number of amides is 4. The molecule has 4 rings (SSSR count). The molecule has 0 saturated carbocycles. The van der Waals surface area contributed by atoms with Gasteiger partial charge in [0, 0.05) is 23.2 Å². The molecule has 9 heteroatoms. The largest absolute Gasteiger partial charge is 0.444 e. The molecule has 0 radical (unpaired) electrons. The second kappa shape index (κ2) is 8.41. The van der Waals surface area contributed by atoms with Crippen LogP contribution in [0.15, 0.2) is 30.3 Å². The van der Waals surface area contributed by atoms with Crippen LogP contribution < -0.4 is 10.6 Å². The molecule has 1 unspecified atom stereocenters. The van der Waals surface area contributed by atoms with Crippen molar-refractivity contribution in [2.45, 2.75) is 45.9 Å². The number of carbonyl (C=O) groups is 4. The van der Waals surface area contributed by atoms with Crippen molar-refractivity contribution < 1.29 is 28.3 Å². The summed E-state index contributed by atoms with van der Waals surface area (Å²) in [4.78, 5) is 49.7. The number of imide groups is 1. The van der Waals surface area contributed by atoms with Gasteiger partial charge in [-0.3, -0.25) is 25.0 Å². The highest BCUT2D eigenvalue weighted by atomic mass is 19.1. The van der Waals surface area contributed by atoms with E-state index in [0.717, 1.165) is 11.1 Å². The highest BCUT2D eigenvalue weighted by Crippen LogP contribution is 2.30.